The number of allylic oxidation sites excluding steroid dienone is 1. The summed E-state index contributed by atoms with van der Waals surface area (Å²) in [7, 11) is 0. The van der Waals surface area contributed by atoms with Gasteiger partial charge in [0.05, 0.1) is 5.69 Å². The van der Waals surface area contributed by atoms with Crippen LogP contribution in [0.1, 0.15) is 32.8 Å². The molecule has 0 saturated heterocycles. The predicted molar refractivity (Wildman–Crippen MR) is 77.9 cm³/mol. The van der Waals surface area contributed by atoms with Crippen LogP contribution in [0, 0.1) is 6.92 Å². The number of hydrogen-bond acceptors (Lipinski definition) is 2. The fraction of sp³-hybridized carbons (Fsp3) is 0.400. The van der Waals surface area contributed by atoms with Gasteiger partial charge in [0, 0.05) is 30.5 Å². The molecule has 18 heavy (non-hydrogen) atoms. The molecule has 0 aliphatic heterocycles. The normalized spacial score (nSPS) is 10.7. The van der Waals surface area contributed by atoms with E-state index in [2.05, 4.69) is 54.8 Å². The summed E-state index contributed by atoms with van der Waals surface area (Å²) in [5.74, 6) is 0. The molecule has 3 heteroatoms. The number of nitrogens with one attached hydrogen (secondary N) is 1. The summed E-state index contributed by atoms with van der Waals surface area (Å²) in [5.41, 5.74) is 4.76. The minimum absolute atomic E-state index is 0.966. The molecule has 0 aromatic carbocycles. The molecule has 0 saturated carbocycles. The molecule has 0 unspecified atom stereocenters. The number of pyridine rings is 1. The molecule has 0 aliphatic carbocycles. The van der Waals surface area contributed by atoms with Gasteiger partial charge in [0.1, 0.15) is 5.65 Å². The Bertz CT molecular complexity index is 562. The topological polar surface area (TPSA) is 31.9 Å². The van der Waals surface area contributed by atoms with Crippen LogP contribution in [0.4, 0.5) is 5.69 Å². The van der Waals surface area contributed by atoms with E-state index in [-0.39, 0.29) is 0 Å². The van der Waals surface area contributed by atoms with E-state index in [1.807, 2.05) is 12.4 Å². The lowest BCUT2D eigenvalue weighted by molar-refractivity contribution is 0.877. The van der Waals surface area contributed by atoms with Gasteiger partial charge in [-0.25, -0.2) is 4.98 Å². The SMILES string of the molecule is CCCN(C=C(C)C)c1ccnc2[nH]cc(C)c12. The summed E-state index contributed by atoms with van der Waals surface area (Å²) in [6, 6.07) is 2.10. The highest BCUT2D eigenvalue weighted by Gasteiger charge is 2.11. The van der Waals surface area contributed by atoms with Gasteiger partial charge in [0.2, 0.25) is 0 Å². The quantitative estimate of drug-likeness (QED) is 0.879. The molecule has 2 heterocycles. The average molecular weight is 243 g/mol. The monoisotopic (exact) mass is 243 g/mol. The van der Waals surface area contributed by atoms with Crippen LogP contribution in [0.3, 0.4) is 0 Å². The number of aryl methyl sites for hydroxylation is 1. The van der Waals surface area contributed by atoms with E-state index in [4.69, 9.17) is 0 Å². The molecular weight excluding hydrogens is 222 g/mol. The van der Waals surface area contributed by atoms with Crippen LogP contribution in [0.15, 0.2) is 30.2 Å². The van der Waals surface area contributed by atoms with Gasteiger partial charge >= 0.3 is 0 Å². The fourth-order valence-corrected chi connectivity index (χ4v) is 2.25. The van der Waals surface area contributed by atoms with Crippen molar-refractivity contribution >= 4 is 16.7 Å². The molecule has 0 fully saturated rings. The number of hydrogen-bond donors (Lipinski definition) is 1. The molecular formula is C15H21N3. The van der Waals surface area contributed by atoms with Crippen molar-refractivity contribution in [3.8, 4) is 0 Å². The zero-order chi connectivity index (χ0) is 13.1. The number of aromatic amines is 1. The van der Waals surface area contributed by atoms with Gasteiger partial charge < -0.3 is 9.88 Å². The van der Waals surface area contributed by atoms with Crippen molar-refractivity contribution in [3.63, 3.8) is 0 Å². The highest BCUT2D eigenvalue weighted by Crippen LogP contribution is 2.28. The summed E-state index contributed by atoms with van der Waals surface area (Å²) in [6.07, 6.45) is 7.23. The second-order valence-corrected chi connectivity index (χ2v) is 4.93. The van der Waals surface area contributed by atoms with Crippen molar-refractivity contribution in [3.05, 3.63) is 35.8 Å². The zero-order valence-corrected chi connectivity index (χ0v) is 11.6. The van der Waals surface area contributed by atoms with Gasteiger partial charge in [-0.15, -0.1) is 0 Å². The first kappa shape index (κ1) is 12.7. The molecule has 0 radical (unpaired) electrons. The second-order valence-electron chi connectivity index (χ2n) is 4.93. The zero-order valence-electron chi connectivity index (χ0n) is 11.6. The van der Waals surface area contributed by atoms with E-state index < -0.39 is 0 Å². The largest absolute Gasteiger partial charge is 0.347 e. The maximum atomic E-state index is 4.38. The van der Waals surface area contributed by atoms with Crippen LogP contribution in [0.5, 0.6) is 0 Å². The molecule has 2 aromatic rings. The summed E-state index contributed by atoms with van der Waals surface area (Å²) in [4.78, 5) is 9.92. The number of aromatic nitrogens is 2. The van der Waals surface area contributed by atoms with E-state index >= 15 is 0 Å². The number of rotatable bonds is 4. The molecule has 2 aromatic heterocycles. The molecule has 2 rings (SSSR count). The Hall–Kier alpha value is -1.77. The predicted octanol–water partition coefficient (Wildman–Crippen LogP) is 4.01. The Morgan fingerprint density at radius 2 is 2.22 bits per heavy atom. The number of H-pyrrole nitrogens is 1. The van der Waals surface area contributed by atoms with Crippen LogP contribution >= 0.6 is 0 Å². The first-order valence-electron chi connectivity index (χ1n) is 6.47. The van der Waals surface area contributed by atoms with Crippen LogP contribution in [0.25, 0.3) is 11.0 Å². The molecule has 1 N–H and O–H groups in total. The maximum Gasteiger partial charge on any atom is 0.139 e. The smallest absolute Gasteiger partial charge is 0.139 e. The van der Waals surface area contributed by atoms with Gasteiger partial charge in [0.25, 0.3) is 0 Å². The van der Waals surface area contributed by atoms with Gasteiger partial charge in [-0.3, -0.25) is 0 Å². The lowest BCUT2D eigenvalue weighted by Crippen LogP contribution is -2.17. The molecule has 0 bridgehead atoms. The third-order valence-corrected chi connectivity index (χ3v) is 2.94. The van der Waals surface area contributed by atoms with Crippen LogP contribution in [0.2, 0.25) is 0 Å². The van der Waals surface area contributed by atoms with Crippen LogP contribution < -0.4 is 4.90 Å². The van der Waals surface area contributed by atoms with Crippen molar-refractivity contribution in [2.45, 2.75) is 34.1 Å². The third-order valence-electron chi connectivity index (χ3n) is 2.94. The van der Waals surface area contributed by atoms with Crippen molar-refractivity contribution in [1.82, 2.24) is 9.97 Å². The number of fused-ring (bicyclic) bond motifs is 1. The van der Waals surface area contributed by atoms with Crippen molar-refractivity contribution in [2.75, 3.05) is 11.4 Å². The molecule has 0 aliphatic rings. The van der Waals surface area contributed by atoms with E-state index in [1.54, 1.807) is 0 Å². The standard InChI is InChI=1S/C15H21N3/c1-5-8-18(10-11(2)3)13-6-7-16-15-14(13)12(4)9-17-15/h6-7,9-10H,5,8H2,1-4H3,(H,16,17). The second kappa shape index (κ2) is 5.25. The van der Waals surface area contributed by atoms with E-state index in [0.717, 1.165) is 18.6 Å². The molecule has 0 amide bonds. The van der Waals surface area contributed by atoms with E-state index in [0.29, 0.717) is 0 Å². The third kappa shape index (κ3) is 2.40. The lowest BCUT2D eigenvalue weighted by Gasteiger charge is -2.21. The van der Waals surface area contributed by atoms with E-state index in [1.165, 1.54) is 22.2 Å². The van der Waals surface area contributed by atoms with Crippen molar-refractivity contribution in [1.29, 1.82) is 0 Å². The van der Waals surface area contributed by atoms with Gasteiger partial charge in [-0.2, -0.15) is 0 Å². The van der Waals surface area contributed by atoms with Crippen LogP contribution in [-0.2, 0) is 0 Å². The van der Waals surface area contributed by atoms with Gasteiger partial charge in [0.15, 0.2) is 0 Å². The highest BCUT2D eigenvalue weighted by atomic mass is 15.1. The first-order chi connectivity index (χ1) is 8.63. The Morgan fingerprint density at radius 3 is 2.89 bits per heavy atom. The molecule has 0 atom stereocenters. The number of anilines is 1. The Labute approximate surface area is 109 Å². The summed E-state index contributed by atoms with van der Waals surface area (Å²) >= 11 is 0. The minimum Gasteiger partial charge on any atom is -0.347 e. The Balaban J connectivity index is 2.56. The summed E-state index contributed by atoms with van der Waals surface area (Å²) in [6.45, 7) is 9.61. The van der Waals surface area contributed by atoms with Crippen LogP contribution in [-0.4, -0.2) is 16.5 Å². The Morgan fingerprint density at radius 1 is 1.44 bits per heavy atom. The molecule has 96 valence electrons. The van der Waals surface area contributed by atoms with Gasteiger partial charge in [-0.1, -0.05) is 12.5 Å². The first-order valence-corrected chi connectivity index (χ1v) is 6.47. The van der Waals surface area contributed by atoms with Crippen molar-refractivity contribution in [2.24, 2.45) is 0 Å². The average Bonchev–Trinajstić information content (AvgIpc) is 2.70. The van der Waals surface area contributed by atoms with E-state index in [9.17, 15) is 0 Å². The lowest BCUT2D eigenvalue weighted by atomic mass is 10.2. The number of nitrogens with zero attached hydrogens (tertiary/aromatic N) is 2. The van der Waals surface area contributed by atoms with Crippen molar-refractivity contribution < 1.29 is 0 Å². The minimum atomic E-state index is 0.966. The van der Waals surface area contributed by atoms with Gasteiger partial charge in [-0.05, 0) is 38.8 Å². The Kier molecular flexibility index (Phi) is 3.70. The fourth-order valence-electron chi connectivity index (χ4n) is 2.25. The highest BCUT2D eigenvalue weighted by molar-refractivity contribution is 5.93. The molecule has 0 spiro atoms. The molecule has 3 nitrogen and oxygen atoms in total. The summed E-state index contributed by atoms with van der Waals surface area (Å²) in [5, 5.41) is 1.23. The summed E-state index contributed by atoms with van der Waals surface area (Å²) < 4.78 is 0. The maximum absolute atomic E-state index is 4.38.